The van der Waals surface area contributed by atoms with E-state index in [1.807, 2.05) is 91.0 Å². The molecule has 0 aliphatic heterocycles. The number of aromatic hydroxyl groups is 3. The van der Waals surface area contributed by atoms with Crippen molar-refractivity contribution in [1.29, 1.82) is 0 Å². The van der Waals surface area contributed by atoms with Crippen molar-refractivity contribution in [3.63, 3.8) is 0 Å². The van der Waals surface area contributed by atoms with E-state index in [4.69, 9.17) is 15.3 Å². The van der Waals surface area contributed by atoms with Gasteiger partial charge in [0.1, 0.15) is 17.2 Å². The number of phenolic OH excluding ortho intramolecular Hbond substituents is 3. The first kappa shape index (κ1) is 21.7. The first-order valence-corrected chi connectivity index (χ1v) is 10.6. The van der Waals surface area contributed by atoms with E-state index in [-0.39, 0.29) is 0 Å². The highest BCUT2D eigenvalue weighted by Gasteiger charge is 1.93. The normalized spacial score (nSPS) is 10.2. The first-order valence-electron chi connectivity index (χ1n) is 10.6. The molecule has 0 atom stereocenters. The fraction of sp³-hybridized carbons (Fsp3) is 0. The van der Waals surface area contributed by atoms with E-state index >= 15 is 0 Å². The molecule has 3 nitrogen and oxygen atoms in total. The van der Waals surface area contributed by atoms with Crippen molar-refractivity contribution in [2.24, 2.45) is 0 Å². The highest BCUT2D eigenvalue weighted by molar-refractivity contribution is 5.85. The summed E-state index contributed by atoms with van der Waals surface area (Å²) in [5, 5.41) is 34.1. The van der Waals surface area contributed by atoms with Gasteiger partial charge in [0, 0.05) is 0 Å². The molecule has 6 aromatic rings. The summed E-state index contributed by atoms with van der Waals surface area (Å²) in [6, 6.07) is 39.9. The Morgan fingerprint density at radius 3 is 0.788 bits per heavy atom. The summed E-state index contributed by atoms with van der Waals surface area (Å²) in [5.41, 5.74) is 0. The molecule has 0 aliphatic rings. The third-order valence-electron chi connectivity index (χ3n) is 5.20. The van der Waals surface area contributed by atoms with Crippen LogP contribution in [0.1, 0.15) is 0 Å². The molecule has 162 valence electrons. The Bertz CT molecular complexity index is 1320. The van der Waals surface area contributed by atoms with Crippen molar-refractivity contribution in [2.45, 2.75) is 0 Å². The standard InChI is InChI=1S/3C10H8O/c3*11-10-6-5-8-3-1-2-4-9(8)7-10/h3*1-7,11H. The SMILES string of the molecule is Oc1ccc2ccccc2c1.Oc1ccc2ccccc2c1.Oc1ccc2ccccc2c1. The number of hydrogen-bond acceptors (Lipinski definition) is 3. The summed E-state index contributed by atoms with van der Waals surface area (Å²) in [5.74, 6) is 0.969. The Kier molecular flexibility index (Phi) is 6.72. The molecular formula is C30H24O3. The van der Waals surface area contributed by atoms with Crippen molar-refractivity contribution in [2.75, 3.05) is 0 Å². The molecular weight excluding hydrogens is 408 g/mol. The van der Waals surface area contributed by atoms with Crippen LogP contribution in [0.15, 0.2) is 127 Å². The summed E-state index contributed by atoms with van der Waals surface area (Å²) in [6.07, 6.45) is 0. The molecule has 0 heterocycles. The second-order valence-electron chi connectivity index (χ2n) is 7.59. The van der Waals surface area contributed by atoms with Gasteiger partial charge in [0.2, 0.25) is 0 Å². The lowest BCUT2D eigenvalue weighted by molar-refractivity contribution is 0.475. The molecule has 0 unspecified atom stereocenters. The fourth-order valence-corrected chi connectivity index (χ4v) is 3.53. The number of rotatable bonds is 0. The second-order valence-corrected chi connectivity index (χ2v) is 7.59. The molecule has 3 heteroatoms. The zero-order valence-corrected chi connectivity index (χ0v) is 18.0. The van der Waals surface area contributed by atoms with Crippen molar-refractivity contribution in [3.05, 3.63) is 127 Å². The van der Waals surface area contributed by atoms with Crippen molar-refractivity contribution < 1.29 is 15.3 Å². The largest absolute Gasteiger partial charge is 0.508 e. The molecule has 0 fully saturated rings. The minimum Gasteiger partial charge on any atom is -0.508 e. The van der Waals surface area contributed by atoms with Crippen LogP contribution in [-0.2, 0) is 0 Å². The average molecular weight is 433 g/mol. The van der Waals surface area contributed by atoms with Gasteiger partial charge in [0.15, 0.2) is 0 Å². The maximum atomic E-state index is 9.13. The minimum absolute atomic E-state index is 0.323. The molecule has 0 aliphatic carbocycles. The van der Waals surface area contributed by atoms with E-state index in [0.29, 0.717) is 17.2 Å². The highest BCUT2D eigenvalue weighted by atomic mass is 16.3. The zero-order chi connectivity index (χ0) is 23.0. The van der Waals surface area contributed by atoms with Gasteiger partial charge in [-0.2, -0.15) is 0 Å². The van der Waals surface area contributed by atoms with E-state index in [0.717, 1.165) is 32.3 Å². The van der Waals surface area contributed by atoms with Gasteiger partial charge in [-0.3, -0.25) is 0 Å². The summed E-state index contributed by atoms with van der Waals surface area (Å²) in [4.78, 5) is 0. The van der Waals surface area contributed by atoms with Gasteiger partial charge in [0.05, 0.1) is 0 Å². The van der Waals surface area contributed by atoms with Crippen LogP contribution in [0.4, 0.5) is 0 Å². The van der Waals surface area contributed by atoms with E-state index in [2.05, 4.69) is 0 Å². The molecule has 3 N–H and O–H groups in total. The minimum atomic E-state index is 0.323. The lowest BCUT2D eigenvalue weighted by Crippen LogP contribution is -1.69. The smallest absolute Gasteiger partial charge is 0.116 e. The molecule has 0 amide bonds. The van der Waals surface area contributed by atoms with Crippen molar-refractivity contribution >= 4 is 32.3 Å². The van der Waals surface area contributed by atoms with E-state index < -0.39 is 0 Å². The van der Waals surface area contributed by atoms with Crippen LogP contribution in [0.5, 0.6) is 17.2 Å². The van der Waals surface area contributed by atoms with Crippen LogP contribution in [0.3, 0.4) is 0 Å². The second kappa shape index (κ2) is 10.2. The van der Waals surface area contributed by atoms with Crippen LogP contribution in [-0.4, -0.2) is 15.3 Å². The lowest BCUT2D eigenvalue weighted by Gasteiger charge is -1.96. The predicted octanol–water partition coefficient (Wildman–Crippen LogP) is 7.64. The fourth-order valence-electron chi connectivity index (χ4n) is 3.53. The van der Waals surface area contributed by atoms with Gasteiger partial charge < -0.3 is 15.3 Å². The Hall–Kier alpha value is -4.50. The molecule has 33 heavy (non-hydrogen) atoms. The zero-order valence-electron chi connectivity index (χ0n) is 18.0. The molecule has 6 rings (SSSR count). The van der Waals surface area contributed by atoms with Gasteiger partial charge >= 0.3 is 0 Å². The Morgan fingerprint density at radius 1 is 0.273 bits per heavy atom. The number of phenols is 3. The van der Waals surface area contributed by atoms with Crippen LogP contribution in [0.2, 0.25) is 0 Å². The average Bonchev–Trinajstić information content (AvgIpc) is 2.84. The third-order valence-corrected chi connectivity index (χ3v) is 5.20. The number of fused-ring (bicyclic) bond motifs is 3. The Morgan fingerprint density at radius 2 is 0.515 bits per heavy atom. The molecule has 0 bridgehead atoms. The molecule has 0 saturated heterocycles. The van der Waals surface area contributed by atoms with Crippen molar-refractivity contribution in [3.8, 4) is 17.2 Å². The summed E-state index contributed by atoms with van der Waals surface area (Å²) < 4.78 is 0. The summed E-state index contributed by atoms with van der Waals surface area (Å²) in [7, 11) is 0. The quantitative estimate of drug-likeness (QED) is 0.231. The van der Waals surface area contributed by atoms with Gasteiger partial charge in [-0.1, -0.05) is 91.0 Å². The predicted molar refractivity (Wildman–Crippen MR) is 137 cm³/mol. The van der Waals surface area contributed by atoms with Crippen LogP contribution < -0.4 is 0 Å². The number of benzene rings is 6. The lowest BCUT2D eigenvalue weighted by atomic mass is 10.1. The third kappa shape index (κ3) is 5.81. The molecule has 6 aromatic carbocycles. The van der Waals surface area contributed by atoms with Gasteiger partial charge in [-0.05, 0) is 68.7 Å². The first-order chi connectivity index (χ1) is 16.1. The van der Waals surface area contributed by atoms with Crippen LogP contribution in [0.25, 0.3) is 32.3 Å². The topological polar surface area (TPSA) is 60.7 Å². The van der Waals surface area contributed by atoms with Gasteiger partial charge in [-0.25, -0.2) is 0 Å². The maximum Gasteiger partial charge on any atom is 0.116 e. The molecule has 0 spiro atoms. The van der Waals surface area contributed by atoms with E-state index in [1.54, 1.807) is 36.4 Å². The molecule has 0 radical (unpaired) electrons. The maximum absolute atomic E-state index is 9.13. The van der Waals surface area contributed by atoms with Crippen LogP contribution in [0, 0.1) is 0 Å². The Labute approximate surface area is 192 Å². The monoisotopic (exact) mass is 432 g/mol. The van der Waals surface area contributed by atoms with E-state index in [1.165, 1.54) is 0 Å². The van der Waals surface area contributed by atoms with Crippen LogP contribution >= 0.6 is 0 Å². The Balaban J connectivity index is 0.000000118. The summed E-state index contributed by atoms with van der Waals surface area (Å²) >= 11 is 0. The van der Waals surface area contributed by atoms with Gasteiger partial charge in [0.25, 0.3) is 0 Å². The van der Waals surface area contributed by atoms with Gasteiger partial charge in [-0.15, -0.1) is 0 Å². The molecule has 0 saturated carbocycles. The van der Waals surface area contributed by atoms with E-state index in [9.17, 15) is 0 Å². The molecule has 0 aromatic heterocycles. The van der Waals surface area contributed by atoms with Crippen molar-refractivity contribution in [1.82, 2.24) is 0 Å². The highest BCUT2D eigenvalue weighted by Crippen LogP contribution is 2.20. The number of hydrogen-bond donors (Lipinski definition) is 3. The summed E-state index contributed by atoms with van der Waals surface area (Å²) in [6.45, 7) is 0.